The van der Waals surface area contributed by atoms with Gasteiger partial charge in [0.05, 0.1) is 30.5 Å². The second kappa shape index (κ2) is 13.4. The molecule has 0 spiro atoms. The number of rotatable bonds is 12. The zero-order chi connectivity index (χ0) is 28.5. The summed E-state index contributed by atoms with van der Waals surface area (Å²) in [5, 5.41) is 11.5. The van der Waals surface area contributed by atoms with Gasteiger partial charge in [-0.3, -0.25) is 9.59 Å². The molecule has 2 amide bonds. The van der Waals surface area contributed by atoms with Crippen LogP contribution in [0.15, 0.2) is 121 Å². The second-order valence-corrected chi connectivity index (χ2v) is 10.1. The molecule has 0 heterocycles. The molecule has 0 aliphatic heterocycles. The van der Waals surface area contributed by atoms with Crippen molar-refractivity contribution in [1.29, 1.82) is 0 Å². The SMILES string of the molecule is NC(=O)C[C@H](N)C(=O)N([C@@H](Cc1ccccc1)C(O)CCl)C(c1ccccc1)(c1ccccc1)c1ccccc1. The van der Waals surface area contributed by atoms with Crippen LogP contribution in [0.5, 0.6) is 0 Å². The Hall–Kier alpha value is -3.97. The van der Waals surface area contributed by atoms with Gasteiger partial charge in [-0.1, -0.05) is 121 Å². The highest BCUT2D eigenvalue weighted by Gasteiger charge is 2.50. The molecule has 206 valence electrons. The molecule has 0 bridgehead atoms. The van der Waals surface area contributed by atoms with Crippen LogP contribution in [0.4, 0.5) is 0 Å². The van der Waals surface area contributed by atoms with Gasteiger partial charge in [0, 0.05) is 0 Å². The summed E-state index contributed by atoms with van der Waals surface area (Å²) in [6.07, 6.45) is -1.18. The van der Waals surface area contributed by atoms with E-state index in [0.717, 1.165) is 22.3 Å². The number of alkyl halides is 1. The van der Waals surface area contributed by atoms with Gasteiger partial charge in [-0.15, -0.1) is 11.6 Å². The molecule has 0 saturated carbocycles. The summed E-state index contributed by atoms with van der Waals surface area (Å²) in [7, 11) is 0. The van der Waals surface area contributed by atoms with E-state index in [9.17, 15) is 14.7 Å². The molecule has 0 aromatic heterocycles. The Labute approximate surface area is 240 Å². The number of hydrogen-bond donors (Lipinski definition) is 3. The number of halogens is 1. The molecule has 4 aromatic rings. The summed E-state index contributed by atoms with van der Waals surface area (Å²) in [5.41, 5.74) is 13.9. The third kappa shape index (κ3) is 6.10. The van der Waals surface area contributed by atoms with Crippen LogP contribution in [0.1, 0.15) is 28.7 Å². The van der Waals surface area contributed by atoms with Gasteiger partial charge in [-0.25, -0.2) is 0 Å². The third-order valence-corrected chi connectivity index (χ3v) is 7.45. The average molecular weight is 556 g/mol. The minimum Gasteiger partial charge on any atom is -0.390 e. The Morgan fingerprint density at radius 2 is 1.15 bits per heavy atom. The van der Waals surface area contributed by atoms with E-state index >= 15 is 0 Å². The van der Waals surface area contributed by atoms with E-state index in [-0.39, 0.29) is 18.7 Å². The molecule has 0 saturated heterocycles. The van der Waals surface area contributed by atoms with Crippen molar-refractivity contribution in [2.24, 2.45) is 11.5 Å². The molecule has 6 nitrogen and oxygen atoms in total. The number of hydrogen-bond acceptors (Lipinski definition) is 4. The summed E-state index contributed by atoms with van der Waals surface area (Å²) in [6, 6.07) is 36.4. The molecule has 7 heteroatoms. The van der Waals surface area contributed by atoms with Crippen molar-refractivity contribution in [2.45, 2.75) is 36.6 Å². The summed E-state index contributed by atoms with van der Waals surface area (Å²) in [6.45, 7) is 0. The van der Waals surface area contributed by atoms with Gasteiger partial charge in [0.2, 0.25) is 11.8 Å². The molecule has 1 unspecified atom stereocenters. The van der Waals surface area contributed by atoms with E-state index in [0.29, 0.717) is 0 Å². The largest absolute Gasteiger partial charge is 0.390 e. The highest BCUT2D eigenvalue weighted by atomic mass is 35.5. The number of primary amides is 1. The van der Waals surface area contributed by atoms with Gasteiger partial charge in [0.25, 0.3) is 0 Å². The van der Waals surface area contributed by atoms with E-state index in [2.05, 4.69) is 0 Å². The van der Waals surface area contributed by atoms with Crippen molar-refractivity contribution in [3.63, 3.8) is 0 Å². The fourth-order valence-electron chi connectivity index (χ4n) is 5.37. The summed E-state index contributed by atoms with van der Waals surface area (Å²) < 4.78 is 0. The fourth-order valence-corrected chi connectivity index (χ4v) is 5.58. The van der Waals surface area contributed by atoms with Crippen molar-refractivity contribution in [1.82, 2.24) is 4.90 Å². The number of aliphatic hydroxyl groups excluding tert-OH is 1. The van der Waals surface area contributed by atoms with Crippen LogP contribution in [-0.2, 0) is 21.5 Å². The molecule has 0 fully saturated rings. The zero-order valence-electron chi connectivity index (χ0n) is 22.1. The number of carbonyl (C=O) groups excluding carboxylic acids is 2. The monoisotopic (exact) mass is 555 g/mol. The Bertz CT molecular complexity index is 1270. The van der Waals surface area contributed by atoms with Gasteiger partial charge in [0.1, 0.15) is 5.54 Å². The predicted molar refractivity (Wildman–Crippen MR) is 159 cm³/mol. The van der Waals surface area contributed by atoms with Crippen LogP contribution < -0.4 is 11.5 Å². The topological polar surface area (TPSA) is 110 Å². The van der Waals surface area contributed by atoms with Crippen molar-refractivity contribution in [2.75, 3.05) is 5.88 Å². The van der Waals surface area contributed by atoms with E-state index in [4.69, 9.17) is 23.1 Å². The van der Waals surface area contributed by atoms with Crippen molar-refractivity contribution >= 4 is 23.4 Å². The first-order valence-corrected chi connectivity index (χ1v) is 13.7. The zero-order valence-corrected chi connectivity index (χ0v) is 22.9. The van der Waals surface area contributed by atoms with Gasteiger partial charge in [-0.05, 0) is 28.7 Å². The lowest BCUT2D eigenvalue weighted by molar-refractivity contribution is -0.144. The molecule has 4 rings (SSSR count). The normalized spacial score (nSPS) is 13.7. The Morgan fingerprint density at radius 1 is 0.750 bits per heavy atom. The first-order chi connectivity index (χ1) is 19.4. The van der Waals surface area contributed by atoms with Crippen LogP contribution >= 0.6 is 11.6 Å². The minimum atomic E-state index is -1.25. The lowest BCUT2D eigenvalue weighted by Gasteiger charge is -2.51. The molecule has 5 N–H and O–H groups in total. The maximum Gasteiger partial charge on any atom is 0.241 e. The van der Waals surface area contributed by atoms with Crippen LogP contribution in [0.2, 0.25) is 0 Å². The smallest absolute Gasteiger partial charge is 0.241 e. The Morgan fingerprint density at radius 3 is 1.52 bits per heavy atom. The van der Waals surface area contributed by atoms with Crippen LogP contribution in [0.3, 0.4) is 0 Å². The first kappa shape index (κ1) is 29.0. The van der Waals surface area contributed by atoms with E-state index in [1.807, 2.05) is 121 Å². The Kier molecular flexibility index (Phi) is 9.72. The van der Waals surface area contributed by atoms with E-state index in [1.54, 1.807) is 4.90 Å². The van der Waals surface area contributed by atoms with Crippen molar-refractivity contribution < 1.29 is 14.7 Å². The summed E-state index contributed by atoms with van der Waals surface area (Å²) in [5.74, 6) is -1.34. The maximum absolute atomic E-state index is 14.6. The van der Waals surface area contributed by atoms with Gasteiger partial charge < -0.3 is 21.5 Å². The predicted octanol–water partition coefficient (Wildman–Crippen LogP) is 4.22. The molecule has 0 aliphatic carbocycles. The summed E-state index contributed by atoms with van der Waals surface area (Å²) in [4.78, 5) is 28.2. The molecule has 4 aromatic carbocycles. The number of aliphatic hydroxyl groups is 1. The second-order valence-electron chi connectivity index (χ2n) is 9.77. The molecule has 40 heavy (non-hydrogen) atoms. The third-order valence-electron chi connectivity index (χ3n) is 7.13. The Balaban J connectivity index is 2.11. The van der Waals surface area contributed by atoms with Crippen LogP contribution in [0.25, 0.3) is 0 Å². The molecular weight excluding hydrogens is 522 g/mol. The van der Waals surface area contributed by atoms with Crippen LogP contribution in [0, 0.1) is 0 Å². The van der Waals surface area contributed by atoms with Gasteiger partial charge in [-0.2, -0.15) is 0 Å². The standard InChI is InChI=1S/C33H34ClN3O3/c34-23-30(38)29(21-24-13-5-1-6-14-24)37(32(40)28(35)22-31(36)39)33(25-15-7-2-8-16-25,26-17-9-3-10-18-26)27-19-11-4-12-20-27/h1-20,28-30,38H,21-23,35H2,(H2,36,39)/t28-,29-,30?/m0/s1. The van der Waals surface area contributed by atoms with Gasteiger partial charge in [0.15, 0.2) is 0 Å². The number of carbonyl (C=O) groups is 2. The quantitative estimate of drug-likeness (QED) is 0.179. The highest BCUT2D eigenvalue weighted by Crippen LogP contribution is 2.45. The van der Waals surface area contributed by atoms with Crippen molar-refractivity contribution in [3.05, 3.63) is 144 Å². The molecule has 3 atom stereocenters. The van der Waals surface area contributed by atoms with E-state index in [1.165, 1.54) is 0 Å². The van der Waals surface area contributed by atoms with Crippen molar-refractivity contribution in [3.8, 4) is 0 Å². The number of nitrogens with two attached hydrogens (primary N) is 2. The highest BCUT2D eigenvalue weighted by molar-refractivity contribution is 6.18. The molecule has 0 aliphatic rings. The van der Waals surface area contributed by atoms with E-state index < -0.39 is 35.5 Å². The summed E-state index contributed by atoms with van der Waals surface area (Å²) >= 11 is 6.32. The maximum atomic E-state index is 14.6. The number of nitrogens with zero attached hydrogens (tertiary/aromatic N) is 1. The minimum absolute atomic E-state index is 0.124. The fraction of sp³-hybridized carbons (Fsp3) is 0.212. The molecule has 0 radical (unpaired) electrons. The number of benzene rings is 4. The lowest BCUT2D eigenvalue weighted by atomic mass is 9.73. The lowest BCUT2D eigenvalue weighted by Crippen LogP contribution is -2.63. The van der Waals surface area contributed by atoms with Crippen LogP contribution in [-0.4, -0.2) is 45.9 Å². The van der Waals surface area contributed by atoms with Gasteiger partial charge >= 0.3 is 0 Å². The molecular formula is C33H34ClN3O3. The first-order valence-electron chi connectivity index (χ1n) is 13.2. The number of amides is 2. The average Bonchev–Trinajstić information content (AvgIpc) is 3.00.